The molecular weight excluding hydrogens is 152 g/mol. The molecule has 66 valence electrons. The molecule has 0 saturated carbocycles. The molecule has 0 fully saturated rings. The minimum absolute atomic E-state index is 0.172. The molecule has 1 aliphatic rings. The maximum Gasteiger partial charge on any atom is 0.333 e. The number of allylic oxidation sites excluding steroid dienone is 1. The minimum atomic E-state index is -0.172. The smallest absolute Gasteiger partial charge is 0.333 e. The fraction of sp³-hybridized carbons (Fsp3) is 0.500. The van der Waals surface area contributed by atoms with Gasteiger partial charge in [-0.3, -0.25) is 0 Å². The third-order valence-electron chi connectivity index (χ3n) is 1.89. The lowest BCUT2D eigenvalue weighted by Crippen LogP contribution is -2.09. The van der Waals surface area contributed by atoms with Crippen LogP contribution in [0, 0.1) is 0 Å². The van der Waals surface area contributed by atoms with Crippen LogP contribution in [0.2, 0.25) is 0 Å². The molecule has 0 heterocycles. The van der Waals surface area contributed by atoms with E-state index >= 15 is 0 Å². The van der Waals surface area contributed by atoms with Crippen molar-refractivity contribution in [3.05, 3.63) is 24.3 Å². The third-order valence-corrected chi connectivity index (χ3v) is 1.89. The number of rotatable bonds is 3. The summed E-state index contributed by atoms with van der Waals surface area (Å²) in [6, 6.07) is 0. The molecule has 1 rings (SSSR count). The molecule has 0 saturated heterocycles. The molecule has 0 spiro atoms. The lowest BCUT2D eigenvalue weighted by Gasteiger charge is -2.10. The standard InChI is InChI=1S/C10H14O2/c1-2-8-12-10(11)9-6-4-3-5-7-9/h2,6H,1,3-5,7-8H2. The van der Waals surface area contributed by atoms with Crippen molar-refractivity contribution in [2.75, 3.05) is 6.61 Å². The normalized spacial score (nSPS) is 16.5. The summed E-state index contributed by atoms with van der Waals surface area (Å²) in [7, 11) is 0. The van der Waals surface area contributed by atoms with Crippen LogP contribution in [0.25, 0.3) is 0 Å². The number of carbonyl (C=O) groups excluding carboxylic acids is 1. The van der Waals surface area contributed by atoms with E-state index in [9.17, 15) is 4.79 Å². The van der Waals surface area contributed by atoms with Crippen LogP contribution in [0.5, 0.6) is 0 Å². The maximum absolute atomic E-state index is 11.2. The van der Waals surface area contributed by atoms with E-state index in [0.29, 0.717) is 6.61 Å². The Balaban J connectivity index is 2.39. The van der Waals surface area contributed by atoms with Gasteiger partial charge in [-0.1, -0.05) is 18.7 Å². The molecule has 0 radical (unpaired) electrons. The summed E-state index contributed by atoms with van der Waals surface area (Å²) in [5.41, 5.74) is 0.836. The average molecular weight is 166 g/mol. The van der Waals surface area contributed by atoms with Crippen molar-refractivity contribution < 1.29 is 9.53 Å². The Bertz CT molecular complexity index is 204. The zero-order valence-corrected chi connectivity index (χ0v) is 7.21. The molecule has 0 aromatic heterocycles. The van der Waals surface area contributed by atoms with Gasteiger partial charge in [0, 0.05) is 5.57 Å². The van der Waals surface area contributed by atoms with Gasteiger partial charge in [-0.25, -0.2) is 4.79 Å². The first-order valence-corrected chi connectivity index (χ1v) is 4.31. The highest BCUT2D eigenvalue weighted by Crippen LogP contribution is 2.18. The van der Waals surface area contributed by atoms with Crippen LogP contribution in [-0.4, -0.2) is 12.6 Å². The first-order valence-electron chi connectivity index (χ1n) is 4.31. The van der Waals surface area contributed by atoms with Crippen molar-refractivity contribution in [2.24, 2.45) is 0 Å². The van der Waals surface area contributed by atoms with E-state index in [0.717, 1.165) is 24.8 Å². The van der Waals surface area contributed by atoms with Gasteiger partial charge in [0.1, 0.15) is 6.61 Å². The predicted molar refractivity (Wildman–Crippen MR) is 47.7 cm³/mol. The molecule has 0 unspecified atom stereocenters. The number of ether oxygens (including phenoxy) is 1. The number of carbonyl (C=O) groups is 1. The van der Waals surface area contributed by atoms with Gasteiger partial charge in [0.25, 0.3) is 0 Å². The fourth-order valence-corrected chi connectivity index (χ4v) is 1.25. The van der Waals surface area contributed by atoms with E-state index in [-0.39, 0.29) is 5.97 Å². The van der Waals surface area contributed by atoms with Crippen LogP contribution < -0.4 is 0 Å². The second kappa shape index (κ2) is 4.75. The molecule has 2 heteroatoms. The Kier molecular flexibility index (Phi) is 3.58. The quantitative estimate of drug-likeness (QED) is 0.474. The largest absolute Gasteiger partial charge is 0.458 e. The average Bonchev–Trinajstić information content (AvgIpc) is 2.15. The highest BCUT2D eigenvalue weighted by molar-refractivity contribution is 5.88. The molecule has 12 heavy (non-hydrogen) atoms. The summed E-state index contributed by atoms with van der Waals surface area (Å²) in [6.45, 7) is 3.80. The first kappa shape index (κ1) is 9.04. The molecule has 0 N–H and O–H groups in total. The Morgan fingerprint density at radius 2 is 2.50 bits per heavy atom. The summed E-state index contributed by atoms with van der Waals surface area (Å²) in [4.78, 5) is 11.2. The van der Waals surface area contributed by atoms with Gasteiger partial charge in [0.2, 0.25) is 0 Å². The Morgan fingerprint density at radius 3 is 3.08 bits per heavy atom. The topological polar surface area (TPSA) is 26.3 Å². The van der Waals surface area contributed by atoms with Crippen molar-refractivity contribution in [2.45, 2.75) is 25.7 Å². The Hall–Kier alpha value is -1.05. The lowest BCUT2D eigenvalue weighted by molar-refractivity contribution is -0.138. The molecule has 0 atom stereocenters. The van der Waals surface area contributed by atoms with Gasteiger partial charge in [0.15, 0.2) is 0 Å². The first-order chi connectivity index (χ1) is 5.84. The second-order valence-electron chi connectivity index (χ2n) is 2.86. The van der Waals surface area contributed by atoms with Crippen molar-refractivity contribution in [1.29, 1.82) is 0 Å². The zero-order chi connectivity index (χ0) is 8.81. The maximum atomic E-state index is 11.2. The number of hydrogen-bond acceptors (Lipinski definition) is 2. The van der Waals surface area contributed by atoms with E-state index in [1.807, 2.05) is 6.08 Å². The second-order valence-corrected chi connectivity index (χ2v) is 2.86. The van der Waals surface area contributed by atoms with Crippen molar-refractivity contribution in [1.82, 2.24) is 0 Å². The SMILES string of the molecule is C=CCOC(=O)C1=CCCCC1. The molecule has 0 aromatic carbocycles. The van der Waals surface area contributed by atoms with Crippen LogP contribution >= 0.6 is 0 Å². The van der Waals surface area contributed by atoms with Gasteiger partial charge >= 0.3 is 5.97 Å². The minimum Gasteiger partial charge on any atom is -0.458 e. The molecule has 1 aliphatic carbocycles. The van der Waals surface area contributed by atoms with E-state index in [2.05, 4.69) is 6.58 Å². The van der Waals surface area contributed by atoms with E-state index in [1.165, 1.54) is 6.42 Å². The summed E-state index contributed by atoms with van der Waals surface area (Å²) in [5, 5.41) is 0. The van der Waals surface area contributed by atoms with Crippen LogP contribution in [0.3, 0.4) is 0 Å². The van der Waals surface area contributed by atoms with Crippen LogP contribution in [0.4, 0.5) is 0 Å². The monoisotopic (exact) mass is 166 g/mol. The molecular formula is C10H14O2. The van der Waals surface area contributed by atoms with Gasteiger partial charge in [0.05, 0.1) is 0 Å². The van der Waals surface area contributed by atoms with Gasteiger partial charge in [-0.15, -0.1) is 0 Å². The predicted octanol–water partition coefficient (Wildman–Crippen LogP) is 2.22. The Labute approximate surface area is 72.9 Å². The van der Waals surface area contributed by atoms with Gasteiger partial charge < -0.3 is 4.74 Å². The highest BCUT2D eigenvalue weighted by Gasteiger charge is 2.12. The third kappa shape index (κ3) is 2.53. The summed E-state index contributed by atoms with van der Waals surface area (Å²) in [5.74, 6) is -0.172. The highest BCUT2D eigenvalue weighted by atomic mass is 16.5. The van der Waals surface area contributed by atoms with Gasteiger partial charge in [-0.05, 0) is 25.7 Å². The van der Waals surface area contributed by atoms with Crippen LogP contribution in [-0.2, 0) is 9.53 Å². The summed E-state index contributed by atoms with van der Waals surface area (Å²) < 4.78 is 4.91. The molecule has 0 aromatic rings. The fourth-order valence-electron chi connectivity index (χ4n) is 1.25. The molecule has 0 aliphatic heterocycles. The molecule has 2 nitrogen and oxygen atoms in total. The summed E-state index contributed by atoms with van der Waals surface area (Å²) >= 11 is 0. The van der Waals surface area contributed by atoms with E-state index in [4.69, 9.17) is 4.74 Å². The van der Waals surface area contributed by atoms with E-state index < -0.39 is 0 Å². The number of hydrogen-bond donors (Lipinski definition) is 0. The Morgan fingerprint density at radius 1 is 1.67 bits per heavy atom. The lowest BCUT2D eigenvalue weighted by atomic mass is 10.00. The zero-order valence-electron chi connectivity index (χ0n) is 7.21. The van der Waals surface area contributed by atoms with Crippen molar-refractivity contribution in [3.8, 4) is 0 Å². The molecule has 0 amide bonds. The van der Waals surface area contributed by atoms with Crippen LogP contribution in [0.15, 0.2) is 24.3 Å². The summed E-state index contributed by atoms with van der Waals surface area (Å²) in [6.07, 6.45) is 7.75. The van der Waals surface area contributed by atoms with Crippen LogP contribution in [0.1, 0.15) is 25.7 Å². The molecule has 0 bridgehead atoms. The van der Waals surface area contributed by atoms with E-state index in [1.54, 1.807) is 6.08 Å². The van der Waals surface area contributed by atoms with Crippen molar-refractivity contribution in [3.63, 3.8) is 0 Å². The van der Waals surface area contributed by atoms with Gasteiger partial charge in [-0.2, -0.15) is 0 Å². The number of esters is 1. The van der Waals surface area contributed by atoms with Crippen molar-refractivity contribution >= 4 is 5.97 Å².